The van der Waals surface area contributed by atoms with Crippen LogP contribution in [0, 0.1) is 5.82 Å². The quantitative estimate of drug-likeness (QED) is 0.685. The van der Waals surface area contributed by atoms with E-state index in [1.807, 2.05) is 0 Å². The average molecular weight is 272 g/mol. The minimum Gasteiger partial charge on any atom is -0.504 e. The van der Waals surface area contributed by atoms with Gasteiger partial charge in [0.2, 0.25) is 0 Å². The van der Waals surface area contributed by atoms with E-state index < -0.39 is 0 Å². The van der Waals surface area contributed by atoms with Gasteiger partial charge in [0.05, 0.1) is 7.11 Å². The van der Waals surface area contributed by atoms with E-state index in [0.717, 1.165) is 5.56 Å². The van der Waals surface area contributed by atoms with Crippen LogP contribution < -0.4 is 4.74 Å². The Morgan fingerprint density at radius 1 is 1.20 bits per heavy atom. The summed E-state index contributed by atoms with van der Waals surface area (Å²) < 4.78 is 17.7. The van der Waals surface area contributed by atoms with Crippen LogP contribution in [0.5, 0.6) is 11.5 Å². The highest BCUT2D eigenvalue weighted by atomic mass is 19.1. The Bertz CT molecular complexity index is 645. The fourth-order valence-electron chi connectivity index (χ4n) is 1.68. The van der Waals surface area contributed by atoms with Crippen LogP contribution in [0.3, 0.4) is 0 Å². The molecule has 0 atom stereocenters. The number of benzene rings is 2. The Morgan fingerprint density at radius 3 is 2.55 bits per heavy atom. The van der Waals surface area contributed by atoms with E-state index in [1.165, 1.54) is 43.5 Å². The van der Waals surface area contributed by atoms with Crippen molar-refractivity contribution in [3.05, 3.63) is 65.5 Å². The van der Waals surface area contributed by atoms with Crippen LogP contribution in [0.25, 0.3) is 6.08 Å². The van der Waals surface area contributed by atoms with Gasteiger partial charge >= 0.3 is 0 Å². The fraction of sp³-hybridized carbons (Fsp3) is 0.0625. The molecule has 0 unspecified atom stereocenters. The number of rotatable bonds is 4. The smallest absolute Gasteiger partial charge is 0.185 e. The standard InChI is InChI=1S/C16H13FO3/c1-20-16-10-11(3-9-15(16)19)2-8-14(18)12-4-6-13(17)7-5-12/h2-10,19H,1H3. The maximum absolute atomic E-state index is 12.8. The number of halogens is 1. The molecule has 0 saturated heterocycles. The number of allylic oxidation sites excluding steroid dienone is 1. The second-order valence-corrected chi connectivity index (χ2v) is 4.14. The molecule has 1 N–H and O–H groups in total. The first-order valence-corrected chi connectivity index (χ1v) is 5.95. The van der Waals surface area contributed by atoms with Gasteiger partial charge in [0, 0.05) is 5.56 Å². The molecule has 102 valence electrons. The molecule has 0 aliphatic rings. The van der Waals surface area contributed by atoms with Crippen molar-refractivity contribution in [2.75, 3.05) is 7.11 Å². The van der Waals surface area contributed by atoms with Gasteiger partial charge in [-0.25, -0.2) is 4.39 Å². The van der Waals surface area contributed by atoms with Crippen LogP contribution in [0.4, 0.5) is 4.39 Å². The van der Waals surface area contributed by atoms with E-state index >= 15 is 0 Å². The van der Waals surface area contributed by atoms with Crippen molar-refractivity contribution < 1.29 is 19.0 Å². The number of aromatic hydroxyl groups is 1. The Hall–Kier alpha value is -2.62. The third-order valence-corrected chi connectivity index (χ3v) is 2.76. The van der Waals surface area contributed by atoms with Crippen LogP contribution in [0.2, 0.25) is 0 Å². The third-order valence-electron chi connectivity index (χ3n) is 2.76. The molecule has 4 heteroatoms. The number of methoxy groups -OCH3 is 1. The molecule has 0 amide bonds. The van der Waals surface area contributed by atoms with Crippen LogP contribution >= 0.6 is 0 Å². The summed E-state index contributed by atoms with van der Waals surface area (Å²) in [5.41, 5.74) is 1.13. The lowest BCUT2D eigenvalue weighted by Gasteiger charge is -2.03. The zero-order chi connectivity index (χ0) is 14.5. The van der Waals surface area contributed by atoms with Crippen molar-refractivity contribution in [2.24, 2.45) is 0 Å². The Morgan fingerprint density at radius 2 is 1.90 bits per heavy atom. The van der Waals surface area contributed by atoms with Crippen LogP contribution in [-0.2, 0) is 0 Å². The summed E-state index contributed by atoms with van der Waals surface area (Å²) in [6.07, 6.45) is 2.99. The van der Waals surface area contributed by atoms with Gasteiger partial charge in [-0.15, -0.1) is 0 Å². The lowest BCUT2D eigenvalue weighted by atomic mass is 10.1. The van der Waals surface area contributed by atoms with Crippen LogP contribution in [0.1, 0.15) is 15.9 Å². The molecule has 0 bridgehead atoms. The molecule has 2 rings (SSSR count). The predicted octanol–water partition coefficient (Wildman–Crippen LogP) is 3.44. The number of ketones is 1. The monoisotopic (exact) mass is 272 g/mol. The molecule has 0 aliphatic carbocycles. The van der Waals surface area contributed by atoms with Gasteiger partial charge in [0.1, 0.15) is 5.82 Å². The predicted molar refractivity (Wildman–Crippen MR) is 74.4 cm³/mol. The Balaban J connectivity index is 2.16. The van der Waals surface area contributed by atoms with Gasteiger partial charge in [0.25, 0.3) is 0 Å². The average Bonchev–Trinajstić information content (AvgIpc) is 2.46. The van der Waals surface area contributed by atoms with Crippen LogP contribution in [-0.4, -0.2) is 18.0 Å². The van der Waals surface area contributed by atoms with E-state index in [2.05, 4.69) is 0 Å². The second-order valence-electron chi connectivity index (χ2n) is 4.14. The first kappa shape index (κ1) is 13.8. The summed E-state index contributed by atoms with van der Waals surface area (Å²) in [5, 5.41) is 9.46. The van der Waals surface area contributed by atoms with Crippen molar-refractivity contribution in [2.45, 2.75) is 0 Å². The molecule has 0 aromatic heterocycles. The molecule has 0 spiro atoms. The first-order chi connectivity index (χ1) is 9.60. The molecular weight excluding hydrogens is 259 g/mol. The van der Waals surface area contributed by atoms with Gasteiger partial charge in [0.15, 0.2) is 17.3 Å². The maximum atomic E-state index is 12.8. The fourth-order valence-corrected chi connectivity index (χ4v) is 1.68. The first-order valence-electron chi connectivity index (χ1n) is 5.95. The van der Waals surface area contributed by atoms with Gasteiger partial charge in [-0.2, -0.15) is 0 Å². The number of hydrogen-bond acceptors (Lipinski definition) is 3. The van der Waals surface area contributed by atoms with E-state index in [4.69, 9.17) is 4.74 Å². The second kappa shape index (κ2) is 6.02. The Kier molecular flexibility index (Phi) is 4.15. The number of phenols is 1. The van der Waals surface area contributed by atoms with Crippen LogP contribution in [0.15, 0.2) is 48.5 Å². The van der Waals surface area contributed by atoms with E-state index in [-0.39, 0.29) is 17.3 Å². The zero-order valence-corrected chi connectivity index (χ0v) is 10.8. The minimum absolute atomic E-state index is 0.0366. The van der Waals surface area contributed by atoms with E-state index in [9.17, 15) is 14.3 Å². The largest absolute Gasteiger partial charge is 0.504 e. The van der Waals surface area contributed by atoms with Crippen molar-refractivity contribution in [3.8, 4) is 11.5 Å². The molecule has 0 aliphatic heterocycles. The summed E-state index contributed by atoms with van der Waals surface area (Å²) in [5.74, 6) is -0.235. The highest BCUT2D eigenvalue weighted by molar-refractivity contribution is 6.06. The van der Waals surface area contributed by atoms with E-state index in [1.54, 1.807) is 18.2 Å². The molecule has 20 heavy (non-hydrogen) atoms. The number of carbonyl (C=O) groups is 1. The number of hydrogen-bond donors (Lipinski definition) is 1. The summed E-state index contributed by atoms with van der Waals surface area (Å²) >= 11 is 0. The topological polar surface area (TPSA) is 46.5 Å². The molecule has 0 saturated carbocycles. The number of ether oxygens (including phenoxy) is 1. The summed E-state index contributed by atoms with van der Waals surface area (Å²) in [6.45, 7) is 0. The van der Waals surface area contributed by atoms with Gasteiger partial charge in [-0.3, -0.25) is 4.79 Å². The molecule has 0 heterocycles. The van der Waals surface area contributed by atoms with Crippen molar-refractivity contribution in [3.63, 3.8) is 0 Å². The third kappa shape index (κ3) is 3.23. The summed E-state index contributed by atoms with van der Waals surface area (Å²) in [4.78, 5) is 11.9. The minimum atomic E-state index is -0.381. The normalized spacial score (nSPS) is 10.7. The molecule has 2 aromatic rings. The zero-order valence-electron chi connectivity index (χ0n) is 10.8. The van der Waals surface area contributed by atoms with Crippen molar-refractivity contribution >= 4 is 11.9 Å². The number of carbonyl (C=O) groups excluding carboxylic acids is 1. The SMILES string of the molecule is COc1cc(C=CC(=O)c2ccc(F)cc2)ccc1O. The van der Waals surface area contributed by atoms with Gasteiger partial charge in [-0.05, 0) is 48.0 Å². The molecule has 0 fully saturated rings. The number of phenolic OH excluding ortho intramolecular Hbond substituents is 1. The van der Waals surface area contributed by atoms with Gasteiger partial charge < -0.3 is 9.84 Å². The molecule has 0 radical (unpaired) electrons. The van der Waals surface area contributed by atoms with E-state index in [0.29, 0.717) is 11.3 Å². The molecule has 3 nitrogen and oxygen atoms in total. The highest BCUT2D eigenvalue weighted by Gasteiger charge is 2.03. The maximum Gasteiger partial charge on any atom is 0.185 e. The molecular formula is C16H13FO3. The molecule has 2 aromatic carbocycles. The van der Waals surface area contributed by atoms with Crippen molar-refractivity contribution in [1.29, 1.82) is 0 Å². The highest BCUT2D eigenvalue weighted by Crippen LogP contribution is 2.26. The lowest BCUT2D eigenvalue weighted by Crippen LogP contribution is -1.93. The Labute approximate surface area is 115 Å². The summed E-state index contributed by atoms with van der Waals surface area (Å²) in [7, 11) is 1.45. The summed E-state index contributed by atoms with van der Waals surface area (Å²) in [6, 6.07) is 10.1. The van der Waals surface area contributed by atoms with Crippen molar-refractivity contribution in [1.82, 2.24) is 0 Å². The lowest BCUT2D eigenvalue weighted by molar-refractivity contribution is 0.104. The van der Waals surface area contributed by atoms with Gasteiger partial charge in [-0.1, -0.05) is 12.1 Å².